The van der Waals surface area contributed by atoms with Gasteiger partial charge in [-0.3, -0.25) is 4.79 Å². The first-order chi connectivity index (χ1) is 9.77. The van der Waals surface area contributed by atoms with Gasteiger partial charge in [-0.25, -0.2) is 4.39 Å². The van der Waals surface area contributed by atoms with Gasteiger partial charge in [0.1, 0.15) is 5.82 Å². The third-order valence-electron chi connectivity index (χ3n) is 3.87. The van der Waals surface area contributed by atoms with E-state index in [-0.39, 0.29) is 19.0 Å². The van der Waals surface area contributed by atoms with Crippen molar-refractivity contribution in [2.75, 3.05) is 6.54 Å². The van der Waals surface area contributed by atoms with Crippen LogP contribution in [0.3, 0.4) is 0 Å². The predicted molar refractivity (Wildman–Crippen MR) is 76.4 cm³/mol. The summed E-state index contributed by atoms with van der Waals surface area (Å²) in [6.07, 6.45) is -1.57. The molecular weight excluding hydrogens is 324 g/mol. The van der Waals surface area contributed by atoms with Crippen molar-refractivity contribution in [2.45, 2.75) is 37.4 Å². The van der Waals surface area contributed by atoms with Crippen molar-refractivity contribution in [3.63, 3.8) is 0 Å². The van der Waals surface area contributed by atoms with Gasteiger partial charge in [0.25, 0.3) is 5.91 Å². The summed E-state index contributed by atoms with van der Waals surface area (Å²) in [4.78, 5) is 12.1. The highest BCUT2D eigenvalue weighted by Crippen LogP contribution is 2.32. The summed E-state index contributed by atoms with van der Waals surface area (Å²) in [5.41, 5.74) is 3.34. The number of nitrogens with two attached hydrogens (primary N) is 1. The fourth-order valence-corrected chi connectivity index (χ4v) is 2.62. The molecule has 1 aromatic rings. The Labute approximate surface area is 131 Å². The Bertz CT molecular complexity index is 542. The zero-order valence-corrected chi connectivity index (χ0v) is 12.5. The van der Waals surface area contributed by atoms with Crippen LogP contribution in [0.1, 0.15) is 41.6 Å². The zero-order valence-electron chi connectivity index (χ0n) is 11.7. The summed E-state index contributed by atoms with van der Waals surface area (Å²) in [7, 11) is 0. The Morgan fingerprint density at radius 3 is 2.36 bits per heavy atom. The maximum Gasteiger partial charge on any atom is 0.416 e. The topological polar surface area (TPSA) is 55.1 Å². The molecule has 22 heavy (non-hydrogen) atoms. The van der Waals surface area contributed by atoms with E-state index in [1.54, 1.807) is 0 Å². The third-order valence-corrected chi connectivity index (χ3v) is 3.87. The van der Waals surface area contributed by atoms with Crippen LogP contribution < -0.4 is 11.1 Å². The predicted octanol–water partition coefficient (Wildman–Crippen LogP) is 3.27. The van der Waals surface area contributed by atoms with Gasteiger partial charge in [0.2, 0.25) is 0 Å². The van der Waals surface area contributed by atoms with E-state index in [0.717, 1.165) is 12.8 Å². The van der Waals surface area contributed by atoms with Crippen molar-refractivity contribution < 1.29 is 22.4 Å². The Hall–Kier alpha value is -1.34. The van der Waals surface area contributed by atoms with Gasteiger partial charge < -0.3 is 11.1 Å². The van der Waals surface area contributed by atoms with Crippen molar-refractivity contribution in [3.05, 3.63) is 35.1 Å². The number of hydrogen-bond donors (Lipinski definition) is 2. The molecule has 3 nitrogen and oxygen atoms in total. The van der Waals surface area contributed by atoms with Crippen LogP contribution in [0.2, 0.25) is 0 Å². The summed E-state index contributed by atoms with van der Waals surface area (Å²) >= 11 is 0. The number of carbonyl (C=O) groups is 1. The van der Waals surface area contributed by atoms with Gasteiger partial charge >= 0.3 is 6.18 Å². The monoisotopic (exact) mass is 340 g/mol. The standard InChI is InChI=1S/C14H16F4N2O.ClH/c15-11-4-3-9(14(16,17)18)7-10(11)12(21)20-13(8-19)5-1-2-6-13;/h3-4,7H,1-2,5-6,8,19H2,(H,20,21);1H. The SMILES string of the molecule is Cl.NCC1(NC(=O)c2cc(C(F)(F)F)ccc2F)CCCC1. The van der Waals surface area contributed by atoms with Crippen LogP contribution in [-0.2, 0) is 6.18 Å². The third kappa shape index (κ3) is 3.89. The van der Waals surface area contributed by atoms with E-state index in [2.05, 4.69) is 5.32 Å². The number of carbonyl (C=O) groups excluding carboxylic acids is 1. The molecule has 3 N–H and O–H groups in total. The van der Waals surface area contributed by atoms with Gasteiger partial charge in [-0.15, -0.1) is 12.4 Å². The molecule has 0 unspecified atom stereocenters. The van der Waals surface area contributed by atoms with Crippen LogP contribution in [0.25, 0.3) is 0 Å². The van der Waals surface area contributed by atoms with Crippen LogP contribution in [0.4, 0.5) is 17.6 Å². The summed E-state index contributed by atoms with van der Waals surface area (Å²) < 4.78 is 51.6. The Kier molecular flexibility index (Phi) is 5.81. The molecule has 1 aromatic carbocycles. The second kappa shape index (κ2) is 6.83. The highest BCUT2D eigenvalue weighted by Gasteiger charge is 2.36. The number of hydrogen-bond acceptors (Lipinski definition) is 2. The van der Waals surface area contributed by atoms with Crippen molar-refractivity contribution in [1.82, 2.24) is 5.32 Å². The van der Waals surface area contributed by atoms with Gasteiger partial charge in [-0.05, 0) is 31.0 Å². The molecule has 0 aromatic heterocycles. The lowest BCUT2D eigenvalue weighted by atomic mass is 9.97. The summed E-state index contributed by atoms with van der Waals surface area (Å²) in [6, 6.07) is 1.80. The Morgan fingerprint density at radius 1 is 1.27 bits per heavy atom. The molecule has 0 aliphatic heterocycles. The van der Waals surface area contributed by atoms with E-state index < -0.39 is 34.6 Å². The van der Waals surface area contributed by atoms with E-state index in [1.165, 1.54) is 0 Å². The minimum atomic E-state index is -4.62. The molecule has 0 heterocycles. The molecule has 0 spiro atoms. The number of alkyl halides is 3. The molecule has 1 saturated carbocycles. The summed E-state index contributed by atoms with van der Waals surface area (Å²) in [6.45, 7) is 0.180. The van der Waals surface area contributed by atoms with Crippen molar-refractivity contribution in [1.29, 1.82) is 0 Å². The van der Waals surface area contributed by atoms with Crippen LogP contribution in [0, 0.1) is 5.82 Å². The van der Waals surface area contributed by atoms with Crippen molar-refractivity contribution in [3.8, 4) is 0 Å². The van der Waals surface area contributed by atoms with E-state index in [9.17, 15) is 22.4 Å². The highest BCUT2D eigenvalue weighted by atomic mass is 35.5. The van der Waals surface area contributed by atoms with Crippen LogP contribution in [0.5, 0.6) is 0 Å². The maximum atomic E-state index is 13.7. The molecule has 8 heteroatoms. The molecule has 124 valence electrons. The van der Waals surface area contributed by atoms with Gasteiger partial charge in [0, 0.05) is 6.54 Å². The fraction of sp³-hybridized carbons (Fsp3) is 0.500. The average Bonchev–Trinajstić information content (AvgIpc) is 2.87. The van der Waals surface area contributed by atoms with E-state index in [0.29, 0.717) is 31.0 Å². The summed E-state index contributed by atoms with van der Waals surface area (Å²) in [5, 5.41) is 2.61. The number of rotatable bonds is 3. The minimum absolute atomic E-state index is 0. The quantitative estimate of drug-likeness (QED) is 0.830. The lowest BCUT2D eigenvalue weighted by molar-refractivity contribution is -0.137. The average molecular weight is 341 g/mol. The number of nitrogens with one attached hydrogen (secondary N) is 1. The summed E-state index contributed by atoms with van der Waals surface area (Å²) in [5.74, 6) is -1.84. The Morgan fingerprint density at radius 2 is 1.86 bits per heavy atom. The molecule has 0 bridgehead atoms. The first-order valence-corrected chi connectivity index (χ1v) is 6.67. The van der Waals surface area contributed by atoms with E-state index in [1.807, 2.05) is 0 Å². The lowest BCUT2D eigenvalue weighted by Crippen LogP contribution is -2.51. The minimum Gasteiger partial charge on any atom is -0.345 e. The Balaban J connectivity index is 0.00000242. The lowest BCUT2D eigenvalue weighted by Gasteiger charge is -2.28. The molecule has 0 atom stereocenters. The number of amides is 1. The van der Waals surface area contributed by atoms with Crippen LogP contribution >= 0.6 is 12.4 Å². The fourth-order valence-electron chi connectivity index (χ4n) is 2.62. The molecule has 1 fully saturated rings. The number of benzene rings is 1. The van der Waals surface area contributed by atoms with Gasteiger partial charge in [-0.1, -0.05) is 12.8 Å². The molecular formula is C14H17ClF4N2O. The first-order valence-electron chi connectivity index (χ1n) is 6.67. The highest BCUT2D eigenvalue weighted by molar-refractivity contribution is 5.95. The molecule has 1 aliphatic rings. The van der Waals surface area contributed by atoms with E-state index in [4.69, 9.17) is 5.73 Å². The van der Waals surface area contributed by atoms with Gasteiger partial charge in [0.05, 0.1) is 16.7 Å². The smallest absolute Gasteiger partial charge is 0.345 e. The zero-order chi connectivity index (χ0) is 15.7. The second-order valence-electron chi connectivity index (χ2n) is 5.34. The van der Waals surface area contributed by atoms with Gasteiger partial charge in [-0.2, -0.15) is 13.2 Å². The molecule has 0 radical (unpaired) electrons. The van der Waals surface area contributed by atoms with Crippen molar-refractivity contribution in [2.24, 2.45) is 5.73 Å². The number of halogens is 5. The van der Waals surface area contributed by atoms with Gasteiger partial charge in [0.15, 0.2) is 0 Å². The molecule has 1 amide bonds. The normalized spacial score (nSPS) is 17.0. The van der Waals surface area contributed by atoms with Crippen LogP contribution in [-0.4, -0.2) is 18.0 Å². The molecule has 2 rings (SSSR count). The molecule has 0 saturated heterocycles. The largest absolute Gasteiger partial charge is 0.416 e. The van der Waals surface area contributed by atoms with E-state index >= 15 is 0 Å². The van der Waals surface area contributed by atoms with Crippen molar-refractivity contribution >= 4 is 18.3 Å². The maximum absolute atomic E-state index is 13.7. The molecule has 1 aliphatic carbocycles. The van der Waals surface area contributed by atoms with Crippen LogP contribution in [0.15, 0.2) is 18.2 Å². The second-order valence-corrected chi connectivity index (χ2v) is 5.34. The first kappa shape index (κ1) is 18.7.